The predicted molar refractivity (Wildman–Crippen MR) is 133 cm³/mol. The number of thiazole rings is 1. The smallest absolute Gasteiger partial charge is 0.269 e. The molecule has 1 aromatic heterocycles. The maximum Gasteiger partial charge on any atom is 0.269 e. The molecule has 3 aromatic rings. The number of benzene rings is 2. The molecule has 0 atom stereocenters. The molecule has 32 heavy (non-hydrogen) atoms. The molecule has 2 aromatic carbocycles. The van der Waals surface area contributed by atoms with Crippen LogP contribution >= 0.6 is 11.3 Å². The summed E-state index contributed by atoms with van der Waals surface area (Å²) in [4.78, 5) is 19.1. The van der Waals surface area contributed by atoms with Crippen LogP contribution in [0.15, 0.2) is 58.9 Å². The Morgan fingerprint density at radius 3 is 2.41 bits per heavy atom. The standard InChI is InChI=1S/C25H32N4O2S/c1-5-27(6-2)16-9-17-28-24(20-12-14-21(15-13-20)29(30)31)18-32-25(28)26-23-11-8-7-10-22(23)19(3)4/h7-8,10-15,18-19H,5-6,9,16-17H2,1-4H3. The SMILES string of the molecule is CCN(CC)CCCn1c(-c2ccc([N+](=O)[O-])cc2)csc1=Nc1ccccc1C(C)C. The van der Waals surface area contributed by atoms with Crippen LogP contribution in [0.5, 0.6) is 0 Å². The fraction of sp³-hybridized carbons (Fsp3) is 0.400. The van der Waals surface area contributed by atoms with E-state index < -0.39 is 0 Å². The largest absolute Gasteiger partial charge is 0.316 e. The van der Waals surface area contributed by atoms with E-state index in [-0.39, 0.29) is 10.6 Å². The van der Waals surface area contributed by atoms with Crippen LogP contribution in [0.4, 0.5) is 11.4 Å². The monoisotopic (exact) mass is 452 g/mol. The summed E-state index contributed by atoms with van der Waals surface area (Å²) in [6.07, 6.45) is 1.01. The summed E-state index contributed by atoms with van der Waals surface area (Å²) >= 11 is 1.62. The van der Waals surface area contributed by atoms with E-state index in [4.69, 9.17) is 4.99 Å². The molecular formula is C25H32N4O2S. The minimum Gasteiger partial charge on any atom is -0.316 e. The number of hydrogen-bond acceptors (Lipinski definition) is 5. The van der Waals surface area contributed by atoms with Crippen LogP contribution in [-0.2, 0) is 6.54 Å². The van der Waals surface area contributed by atoms with Crippen molar-refractivity contribution in [2.75, 3.05) is 19.6 Å². The zero-order valence-corrected chi connectivity index (χ0v) is 20.1. The highest BCUT2D eigenvalue weighted by atomic mass is 32.1. The van der Waals surface area contributed by atoms with Crippen molar-refractivity contribution in [2.45, 2.75) is 46.6 Å². The first-order valence-corrected chi connectivity index (χ1v) is 12.1. The van der Waals surface area contributed by atoms with Gasteiger partial charge in [-0.3, -0.25) is 10.1 Å². The first kappa shape index (κ1) is 23.9. The van der Waals surface area contributed by atoms with Crippen molar-refractivity contribution in [1.82, 2.24) is 9.47 Å². The average molecular weight is 453 g/mol. The van der Waals surface area contributed by atoms with Crippen LogP contribution in [-0.4, -0.2) is 34.0 Å². The summed E-state index contributed by atoms with van der Waals surface area (Å²) in [6.45, 7) is 12.7. The second kappa shape index (κ2) is 11.2. The van der Waals surface area contributed by atoms with Gasteiger partial charge in [-0.15, -0.1) is 11.3 Å². The summed E-state index contributed by atoms with van der Waals surface area (Å²) in [6, 6.07) is 15.1. The molecule has 0 saturated heterocycles. The van der Waals surface area contributed by atoms with Gasteiger partial charge in [0.25, 0.3) is 5.69 Å². The Hall–Kier alpha value is -2.77. The van der Waals surface area contributed by atoms with Gasteiger partial charge in [-0.1, -0.05) is 45.9 Å². The lowest BCUT2D eigenvalue weighted by Crippen LogP contribution is -2.26. The molecule has 0 amide bonds. The van der Waals surface area contributed by atoms with Crippen LogP contribution < -0.4 is 4.80 Å². The Balaban J connectivity index is 2.03. The van der Waals surface area contributed by atoms with E-state index in [0.29, 0.717) is 5.92 Å². The number of rotatable bonds is 10. The molecule has 0 radical (unpaired) electrons. The molecular weight excluding hydrogens is 420 g/mol. The highest BCUT2D eigenvalue weighted by molar-refractivity contribution is 7.07. The second-order valence-electron chi connectivity index (χ2n) is 8.06. The van der Waals surface area contributed by atoms with Crippen LogP contribution in [0, 0.1) is 10.1 Å². The maximum atomic E-state index is 11.1. The van der Waals surface area contributed by atoms with E-state index in [2.05, 4.69) is 60.7 Å². The maximum absolute atomic E-state index is 11.1. The number of non-ortho nitro benzene ring substituents is 1. The summed E-state index contributed by atoms with van der Waals surface area (Å²) in [5.74, 6) is 0.389. The van der Waals surface area contributed by atoms with Crippen LogP contribution in [0.1, 0.15) is 45.6 Å². The molecule has 0 aliphatic carbocycles. The summed E-state index contributed by atoms with van der Waals surface area (Å²) in [5.41, 5.74) is 4.34. The molecule has 0 aliphatic rings. The zero-order chi connectivity index (χ0) is 23.1. The van der Waals surface area contributed by atoms with Crippen molar-refractivity contribution in [3.63, 3.8) is 0 Å². The van der Waals surface area contributed by atoms with Gasteiger partial charge >= 0.3 is 0 Å². The predicted octanol–water partition coefficient (Wildman–Crippen LogP) is 6.21. The number of nitrogens with zero attached hydrogens (tertiary/aromatic N) is 4. The molecule has 3 rings (SSSR count). The molecule has 0 spiro atoms. The number of aromatic nitrogens is 1. The van der Waals surface area contributed by atoms with Gasteiger partial charge in [-0.2, -0.15) is 0 Å². The van der Waals surface area contributed by atoms with Gasteiger partial charge in [0.1, 0.15) is 0 Å². The molecule has 6 nitrogen and oxygen atoms in total. The average Bonchev–Trinajstić information content (AvgIpc) is 3.19. The van der Waals surface area contributed by atoms with Gasteiger partial charge in [-0.25, -0.2) is 4.99 Å². The molecule has 0 N–H and O–H groups in total. The van der Waals surface area contributed by atoms with Crippen molar-refractivity contribution in [2.24, 2.45) is 4.99 Å². The Kier molecular flexibility index (Phi) is 8.36. The fourth-order valence-electron chi connectivity index (χ4n) is 3.79. The summed E-state index contributed by atoms with van der Waals surface area (Å²) in [5, 5.41) is 13.2. The van der Waals surface area contributed by atoms with E-state index in [1.165, 1.54) is 5.56 Å². The van der Waals surface area contributed by atoms with E-state index in [1.54, 1.807) is 23.5 Å². The number of nitro groups is 1. The molecule has 0 saturated carbocycles. The quantitative estimate of drug-likeness (QED) is 0.271. The van der Waals surface area contributed by atoms with Crippen molar-refractivity contribution in [1.29, 1.82) is 0 Å². The van der Waals surface area contributed by atoms with Crippen molar-refractivity contribution in [3.8, 4) is 11.3 Å². The molecule has 0 aliphatic heterocycles. The third-order valence-corrected chi connectivity index (χ3v) is 6.56. The Bertz CT molecular complexity index is 1100. The fourth-order valence-corrected chi connectivity index (χ4v) is 4.74. The normalized spacial score (nSPS) is 12.1. The van der Waals surface area contributed by atoms with Gasteiger partial charge < -0.3 is 9.47 Å². The van der Waals surface area contributed by atoms with Gasteiger partial charge in [0.15, 0.2) is 4.80 Å². The number of nitro benzene ring substituents is 1. The minimum atomic E-state index is -0.362. The van der Waals surface area contributed by atoms with Gasteiger partial charge in [0, 0.05) is 24.1 Å². The van der Waals surface area contributed by atoms with E-state index in [9.17, 15) is 10.1 Å². The highest BCUT2D eigenvalue weighted by Crippen LogP contribution is 2.27. The molecule has 0 unspecified atom stereocenters. The van der Waals surface area contributed by atoms with Gasteiger partial charge in [0.05, 0.1) is 16.3 Å². The molecule has 0 fully saturated rings. The topological polar surface area (TPSA) is 63.7 Å². The van der Waals surface area contributed by atoms with Crippen molar-refractivity contribution < 1.29 is 4.92 Å². The van der Waals surface area contributed by atoms with E-state index in [0.717, 1.165) is 54.3 Å². The molecule has 7 heteroatoms. The van der Waals surface area contributed by atoms with Crippen LogP contribution in [0.2, 0.25) is 0 Å². The summed E-state index contributed by atoms with van der Waals surface area (Å²) in [7, 11) is 0. The zero-order valence-electron chi connectivity index (χ0n) is 19.3. The van der Waals surface area contributed by atoms with Gasteiger partial charge in [-0.05, 0) is 61.3 Å². The van der Waals surface area contributed by atoms with Crippen molar-refractivity contribution >= 4 is 22.7 Å². The van der Waals surface area contributed by atoms with E-state index in [1.807, 2.05) is 18.2 Å². The first-order chi connectivity index (χ1) is 15.4. The van der Waals surface area contributed by atoms with Crippen LogP contribution in [0.25, 0.3) is 11.3 Å². The lowest BCUT2D eigenvalue weighted by Gasteiger charge is -2.18. The Morgan fingerprint density at radius 1 is 1.09 bits per heavy atom. The van der Waals surface area contributed by atoms with Crippen molar-refractivity contribution in [3.05, 3.63) is 74.4 Å². The molecule has 170 valence electrons. The lowest BCUT2D eigenvalue weighted by atomic mass is 10.0. The third-order valence-electron chi connectivity index (χ3n) is 5.70. The van der Waals surface area contributed by atoms with E-state index >= 15 is 0 Å². The summed E-state index contributed by atoms with van der Waals surface area (Å²) < 4.78 is 2.26. The molecule has 0 bridgehead atoms. The molecule has 1 heterocycles. The van der Waals surface area contributed by atoms with Crippen LogP contribution in [0.3, 0.4) is 0 Å². The Morgan fingerprint density at radius 2 is 1.78 bits per heavy atom. The Labute approximate surface area is 194 Å². The minimum absolute atomic E-state index is 0.104. The first-order valence-electron chi connectivity index (χ1n) is 11.2. The number of para-hydroxylation sites is 1. The number of hydrogen-bond donors (Lipinski definition) is 0. The third kappa shape index (κ3) is 5.72. The lowest BCUT2D eigenvalue weighted by molar-refractivity contribution is -0.384. The highest BCUT2D eigenvalue weighted by Gasteiger charge is 2.12. The van der Waals surface area contributed by atoms with Gasteiger partial charge in [0.2, 0.25) is 0 Å². The second-order valence-corrected chi connectivity index (χ2v) is 8.90.